The highest BCUT2D eigenvalue weighted by Crippen LogP contribution is 2.42. The highest BCUT2D eigenvalue weighted by molar-refractivity contribution is 5.92. The molecule has 0 radical (unpaired) electrons. The molecule has 1 aliphatic rings. The SMILES string of the molecule is CCC(=O)N1c2ncnn2[C@H](c2ccc(C)cc2)C[C@@H]1c1ccc(OC)cc1. The molecule has 28 heavy (non-hydrogen) atoms. The van der Waals surface area contributed by atoms with Crippen LogP contribution in [0.2, 0.25) is 0 Å². The number of hydrogen-bond donors (Lipinski definition) is 0. The molecule has 0 aliphatic carbocycles. The van der Waals surface area contributed by atoms with Gasteiger partial charge in [-0.2, -0.15) is 10.1 Å². The Morgan fingerprint density at radius 1 is 1.07 bits per heavy atom. The Bertz CT molecular complexity index is 963. The number of aryl methyl sites for hydroxylation is 1. The summed E-state index contributed by atoms with van der Waals surface area (Å²) in [5.41, 5.74) is 3.45. The number of benzene rings is 2. The van der Waals surface area contributed by atoms with Crippen molar-refractivity contribution in [2.24, 2.45) is 0 Å². The molecule has 4 rings (SSSR count). The molecule has 0 fully saturated rings. The van der Waals surface area contributed by atoms with Crippen molar-refractivity contribution in [2.45, 2.75) is 38.8 Å². The van der Waals surface area contributed by atoms with Crippen LogP contribution in [0.4, 0.5) is 5.95 Å². The summed E-state index contributed by atoms with van der Waals surface area (Å²) in [5, 5.41) is 4.45. The number of nitrogens with zero attached hydrogens (tertiary/aromatic N) is 4. The van der Waals surface area contributed by atoms with Gasteiger partial charge in [-0.05, 0) is 36.6 Å². The first-order valence-electron chi connectivity index (χ1n) is 9.54. The molecule has 6 heteroatoms. The molecule has 0 spiro atoms. The average Bonchev–Trinajstić information content (AvgIpc) is 3.22. The first-order valence-corrected chi connectivity index (χ1v) is 9.54. The zero-order valence-electron chi connectivity index (χ0n) is 16.4. The van der Waals surface area contributed by atoms with Gasteiger partial charge in [0.2, 0.25) is 11.9 Å². The third-order valence-electron chi connectivity index (χ3n) is 5.36. The Labute approximate surface area is 164 Å². The summed E-state index contributed by atoms with van der Waals surface area (Å²) in [5.74, 6) is 1.44. The number of hydrogen-bond acceptors (Lipinski definition) is 4. The van der Waals surface area contributed by atoms with E-state index in [1.807, 2.05) is 35.9 Å². The van der Waals surface area contributed by atoms with Crippen LogP contribution in [0.15, 0.2) is 54.9 Å². The topological polar surface area (TPSA) is 60.2 Å². The van der Waals surface area contributed by atoms with Crippen molar-refractivity contribution in [3.05, 3.63) is 71.5 Å². The van der Waals surface area contributed by atoms with Crippen LogP contribution in [0, 0.1) is 6.92 Å². The van der Waals surface area contributed by atoms with E-state index in [9.17, 15) is 4.79 Å². The zero-order valence-corrected chi connectivity index (χ0v) is 16.4. The third kappa shape index (κ3) is 3.15. The second-order valence-corrected chi connectivity index (χ2v) is 7.07. The second kappa shape index (κ2) is 7.46. The first-order chi connectivity index (χ1) is 13.6. The van der Waals surface area contributed by atoms with Gasteiger partial charge in [-0.1, -0.05) is 48.9 Å². The molecule has 2 heterocycles. The fraction of sp³-hybridized carbons (Fsp3) is 0.318. The van der Waals surface area contributed by atoms with Gasteiger partial charge in [0.15, 0.2) is 0 Å². The molecule has 6 nitrogen and oxygen atoms in total. The average molecular weight is 376 g/mol. The van der Waals surface area contributed by atoms with Crippen LogP contribution in [0.1, 0.15) is 48.5 Å². The molecule has 0 saturated carbocycles. The number of amides is 1. The molecule has 3 aromatic rings. The summed E-state index contributed by atoms with van der Waals surface area (Å²) >= 11 is 0. The summed E-state index contributed by atoms with van der Waals surface area (Å²) in [4.78, 5) is 19.1. The van der Waals surface area contributed by atoms with Crippen molar-refractivity contribution in [3.63, 3.8) is 0 Å². The van der Waals surface area contributed by atoms with E-state index >= 15 is 0 Å². The van der Waals surface area contributed by atoms with E-state index in [0.29, 0.717) is 12.4 Å². The number of fused-ring (bicyclic) bond motifs is 1. The van der Waals surface area contributed by atoms with Gasteiger partial charge in [-0.15, -0.1) is 0 Å². The van der Waals surface area contributed by atoms with E-state index in [1.54, 1.807) is 12.0 Å². The predicted octanol–water partition coefficient (Wildman–Crippen LogP) is 4.07. The van der Waals surface area contributed by atoms with Gasteiger partial charge in [-0.3, -0.25) is 9.69 Å². The Morgan fingerprint density at radius 3 is 2.36 bits per heavy atom. The molecule has 1 aliphatic heterocycles. The van der Waals surface area contributed by atoms with Gasteiger partial charge >= 0.3 is 0 Å². The van der Waals surface area contributed by atoms with Crippen molar-refractivity contribution in [2.75, 3.05) is 12.0 Å². The molecule has 144 valence electrons. The van der Waals surface area contributed by atoms with Gasteiger partial charge < -0.3 is 4.74 Å². The lowest BCUT2D eigenvalue weighted by Crippen LogP contribution is -2.42. The Hall–Kier alpha value is -3.15. The Balaban J connectivity index is 1.81. The second-order valence-electron chi connectivity index (χ2n) is 7.07. The zero-order chi connectivity index (χ0) is 19.7. The molecule has 0 saturated heterocycles. The van der Waals surface area contributed by atoms with Crippen LogP contribution in [0.3, 0.4) is 0 Å². The van der Waals surface area contributed by atoms with E-state index < -0.39 is 0 Å². The molecule has 2 atom stereocenters. The van der Waals surface area contributed by atoms with E-state index in [0.717, 1.165) is 17.7 Å². The number of methoxy groups -OCH3 is 1. The van der Waals surface area contributed by atoms with Crippen LogP contribution in [-0.2, 0) is 4.79 Å². The number of carbonyl (C=O) groups is 1. The third-order valence-corrected chi connectivity index (χ3v) is 5.36. The molecule has 2 aromatic carbocycles. The van der Waals surface area contributed by atoms with E-state index in [4.69, 9.17) is 4.74 Å². The summed E-state index contributed by atoms with van der Waals surface area (Å²) in [6, 6.07) is 16.3. The maximum absolute atomic E-state index is 12.8. The van der Waals surface area contributed by atoms with Crippen molar-refractivity contribution >= 4 is 11.9 Å². The summed E-state index contributed by atoms with van der Waals surface area (Å²) in [6.45, 7) is 3.95. The fourth-order valence-corrected chi connectivity index (χ4v) is 3.83. The normalized spacial score (nSPS) is 18.6. The smallest absolute Gasteiger partial charge is 0.231 e. The molecular weight excluding hydrogens is 352 g/mol. The van der Waals surface area contributed by atoms with Crippen LogP contribution in [0.25, 0.3) is 0 Å². The minimum atomic E-state index is -0.110. The van der Waals surface area contributed by atoms with Crippen LogP contribution in [-0.4, -0.2) is 27.8 Å². The number of rotatable bonds is 4. The van der Waals surface area contributed by atoms with Gasteiger partial charge in [-0.25, -0.2) is 4.68 Å². The standard InChI is InChI=1S/C22H24N4O2/c1-4-21(27)25-19(16-9-11-18(28-3)12-10-16)13-20(26-22(25)23-14-24-26)17-7-5-15(2)6-8-17/h5-12,14,19-20H,4,13H2,1-3H3/t19-,20+/m1/s1. The lowest BCUT2D eigenvalue weighted by atomic mass is 9.91. The van der Waals surface area contributed by atoms with Crippen LogP contribution >= 0.6 is 0 Å². The number of aromatic nitrogens is 3. The van der Waals surface area contributed by atoms with Crippen molar-refractivity contribution < 1.29 is 9.53 Å². The molecule has 0 unspecified atom stereocenters. The first kappa shape index (κ1) is 18.2. The van der Waals surface area contributed by atoms with Gasteiger partial charge in [0.05, 0.1) is 19.2 Å². The minimum absolute atomic E-state index is 0.0195. The van der Waals surface area contributed by atoms with E-state index in [2.05, 4.69) is 41.3 Å². The van der Waals surface area contributed by atoms with E-state index in [-0.39, 0.29) is 18.0 Å². The fourth-order valence-electron chi connectivity index (χ4n) is 3.83. The molecule has 0 N–H and O–H groups in total. The summed E-state index contributed by atoms with van der Waals surface area (Å²) < 4.78 is 7.16. The monoisotopic (exact) mass is 376 g/mol. The Morgan fingerprint density at radius 2 is 1.71 bits per heavy atom. The summed E-state index contributed by atoms with van der Waals surface area (Å²) in [7, 11) is 1.65. The van der Waals surface area contributed by atoms with Gasteiger partial charge in [0.1, 0.15) is 12.1 Å². The minimum Gasteiger partial charge on any atom is -0.497 e. The quantitative estimate of drug-likeness (QED) is 0.689. The highest BCUT2D eigenvalue weighted by Gasteiger charge is 2.38. The molecule has 1 amide bonds. The summed E-state index contributed by atoms with van der Waals surface area (Å²) in [6.07, 6.45) is 2.68. The highest BCUT2D eigenvalue weighted by atomic mass is 16.5. The number of anilines is 1. The van der Waals surface area contributed by atoms with Gasteiger partial charge in [0.25, 0.3) is 0 Å². The lowest BCUT2D eigenvalue weighted by Gasteiger charge is -2.39. The van der Waals surface area contributed by atoms with Crippen LogP contribution < -0.4 is 9.64 Å². The molecular formula is C22H24N4O2. The van der Waals surface area contributed by atoms with Gasteiger partial charge in [0, 0.05) is 6.42 Å². The maximum atomic E-state index is 12.8. The Kier molecular flexibility index (Phi) is 4.86. The van der Waals surface area contributed by atoms with Crippen molar-refractivity contribution in [1.29, 1.82) is 0 Å². The lowest BCUT2D eigenvalue weighted by molar-refractivity contribution is -0.119. The van der Waals surface area contributed by atoms with Crippen molar-refractivity contribution in [1.82, 2.24) is 14.8 Å². The largest absolute Gasteiger partial charge is 0.497 e. The van der Waals surface area contributed by atoms with Crippen LogP contribution in [0.5, 0.6) is 5.75 Å². The molecule has 0 bridgehead atoms. The van der Waals surface area contributed by atoms with E-state index in [1.165, 1.54) is 17.5 Å². The maximum Gasteiger partial charge on any atom is 0.231 e. The van der Waals surface area contributed by atoms with Crippen molar-refractivity contribution in [3.8, 4) is 5.75 Å². The number of carbonyl (C=O) groups excluding carboxylic acids is 1. The number of ether oxygens (including phenoxy) is 1. The molecule has 1 aromatic heterocycles. The predicted molar refractivity (Wildman–Crippen MR) is 107 cm³/mol.